The molecule has 19 heteroatoms. The second-order valence-electron chi connectivity index (χ2n) is 19.4. The van der Waals surface area contributed by atoms with Gasteiger partial charge in [-0.2, -0.15) is 5.10 Å². The number of aromatic nitrogens is 6. The quantitative estimate of drug-likeness (QED) is 0.162. The zero-order valence-electron chi connectivity index (χ0n) is 36.2. The van der Waals surface area contributed by atoms with Gasteiger partial charge in [-0.25, -0.2) is 19.3 Å². The van der Waals surface area contributed by atoms with Crippen molar-refractivity contribution in [2.75, 3.05) is 13.2 Å². The molecule has 0 radical (unpaired) electrons. The Morgan fingerprint density at radius 2 is 1.24 bits per heavy atom. The van der Waals surface area contributed by atoms with E-state index >= 15 is 0 Å². The Kier molecular flexibility index (Phi) is 14.9. The number of rotatable bonds is 12. The molecule has 2 aromatic rings. The minimum absolute atomic E-state index is 0.00192. The van der Waals surface area contributed by atoms with Gasteiger partial charge in [-0.3, -0.25) is 4.79 Å². The van der Waals surface area contributed by atoms with Gasteiger partial charge in [0.15, 0.2) is 49.0 Å². The Morgan fingerprint density at radius 3 is 1.65 bits per heavy atom. The molecular weight excluding hydrogens is 761 g/mol. The molecule has 4 heterocycles. The van der Waals surface area contributed by atoms with E-state index in [0.717, 1.165) is 4.68 Å². The van der Waals surface area contributed by atoms with E-state index in [0.29, 0.717) is 12.4 Å². The first-order chi connectivity index (χ1) is 24.8. The lowest BCUT2D eigenvalue weighted by atomic mass is 10.1. The summed E-state index contributed by atoms with van der Waals surface area (Å²) in [6.45, 7) is 36.8. The maximum absolute atomic E-state index is 11.0. The molecule has 9 atom stereocenters. The molecule has 55 heavy (non-hydrogen) atoms. The molecule has 0 bridgehead atoms. The zero-order chi connectivity index (χ0) is 42.3. The number of aliphatic hydroxyl groups is 4. The molecule has 4 N–H and O–H groups in total. The van der Waals surface area contributed by atoms with Crippen LogP contribution in [0.3, 0.4) is 0 Å². The molecular formula is C36H70N6O10Si3. The van der Waals surface area contributed by atoms with Crippen LogP contribution >= 0.6 is 0 Å². The van der Waals surface area contributed by atoms with Crippen molar-refractivity contribution in [2.45, 2.75) is 186 Å². The van der Waals surface area contributed by atoms with E-state index in [9.17, 15) is 20.1 Å². The summed E-state index contributed by atoms with van der Waals surface area (Å²) in [5.41, 5.74) is 0. The normalized spacial score (nSPS) is 27.6. The topological polar surface area (TPSA) is 206 Å². The first kappa shape index (κ1) is 47.6. The lowest BCUT2D eigenvalue weighted by Crippen LogP contribution is -2.54. The van der Waals surface area contributed by atoms with Gasteiger partial charge in [-0.15, -0.1) is 5.10 Å². The molecule has 4 rings (SSSR count). The van der Waals surface area contributed by atoms with Crippen molar-refractivity contribution in [3.63, 3.8) is 0 Å². The minimum atomic E-state index is -2.23. The first-order valence-corrected chi connectivity index (χ1v) is 27.9. The van der Waals surface area contributed by atoms with Gasteiger partial charge in [0.2, 0.25) is 5.82 Å². The Balaban J connectivity index is 0.000000394. The fourth-order valence-electron chi connectivity index (χ4n) is 5.12. The summed E-state index contributed by atoms with van der Waals surface area (Å²) in [5.74, 6) is 0.0562. The van der Waals surface area contributed by atoms with E-state index in [-0.39, 0.29) is 45.0 Å². The molecule has 0 amide bonds. The van der Waals surface area contributed by atoms with Crippen molar-refractivity contribution < 1.29 is 48.0 Å². The number of aliphatic hydroxyl groups excluding tert-OH is 4. The largest absolute Gasteiger partial charge is 0.414 e. The minimum Gasteiger partial charge on any atom is -0.414 e. The third-order valence-electron chi connectivity index (χ3n) is 11.9. The average molecular weight is 831 g/mol. The fourth-order valence-corrected chi connectivity index (χ4v) is 8.74. The highest BCUT2D eigenvalue weighted by Gasteiger charge is 2.55. The number of nitrogens with zero attached hydrogens (tertiary/aromatic N) is 6. The van der Waals surface area contributed by atoms with Gasteiger partial charge < -0.3 is 43.2 Å². The van der Waals surface area contributed by atoms with Crippen LogP contribution < -0.4 is 0 Å². The monoisotopic (exact) mass is 830 g/mol. The molecule has 0 aliphatic carbocycles. The summed E-state index contributed by atoms with van der Waals surface area (Å²) in [4.78, 5) is 19.1. The van der Waals surface area contributed by atoms with E-state index in [1.807, 2.05) is 0 Å². The molecule has 2 aliphatic heterocycles. The fraction of sp³-hybridized carbons (Fsp3) is 0.861. The number of hydrogen-bond donors (Lipinski definition) is 4. The van der Waals surface area contributed by atoms with E-state index in [4.69, 9.17) is 27.9 Å². The molecule has 16 nitrogen and oxygen atoms in total. The Hall–Kier alpha value is -1.76. The van der Waals surface area contributed by atoms with Crippen LogP contribution in [-0.2, 0) is 22.8 Å². The number of hydrogen-bond acceptors (Lipinski definition) is 14. The number of Topliss-reactive ketones (excluding diaryl/α,β-unsaturated/α-hetero) is 1. The van der Waals surface area contributed by atoms with E-state index in [1.54, 1.807) is 17.9 Å². The maximum atomic E-state index is 11.0. The molecule has 2 aliphatic rings. The Morgan fingerprint density at radius 1 is 0.764 bits per heavy atom. The van der Waals surface area contributed by atoms with Crippen LogP contribution in [0.5, 0.6) is 0 Å². The van der Waals surface area contributed by atoms with E-state index in [2.05, 4.69) is 122 Å². The van der Waals surface area contributed by atoms with Crippen LogP contribution in [0.15, 0.2) is 12.7 Å². The number of ether oxygens (including phenoxy) is 2. The second-order valence-corrected chi connectivity index (χ2v) is 33.7. The Labute approximate surface area is 330 Å². The maximum Gasteiger partial charge on any atom is 0.217 e. The summed E-state index contributed by atoms with van der Waals surface area (Å²) in [5, 5.41) is 46.8. The summed E-state index contributed by atoms with van der Waals surface area (Å²) < 4.78 is 35.8. The predicted molar refractivity (Wildman–Crippen MR) is 215 cm³/mol. The van der Waals surface area contributed by atoms with Crippen molar-refractivity contribution in [3.8, 4) is 0 Å². The van der Waals surface area contributed by atoms with Gasteiger partial charge in [-0.1, -0.05) is 62.3 Å². The molecule has 2 saturated heterocycles. The van der Waals surface area contributed by atoms with Gasteiger partial charge in [-0.05, 0) is 61.3 Å². The number of carbonyl (C=O) groups is 1. The Bertz CT molecular complexity index is 1570. The van der Waals surface area contributed by atoms with Crippen molar-refractivity contribution in [1.29, 1.82) is 0 Å². The predicted octanol–water partition coefficient (Wildman–Crippen LogP) is 5.12. The smallest absolute Gasteiger partial charge is 0.217 e. The standard InChI is InChI=1S/C27H57N3O5Si3.C9H13N3O5/c1-19(31)23-28-18-30(29-23)24-22(35-38(15,16)27(8,9)10)21(34-37(13,14)26(5,6)7)20(33-24)17-32-36(11,12)25(2,3)4;1-4(14)8-10-3-12(11-8)9-7(16)6(15)5(2-13)17-9/h18-22,24,31H,17H2,1-16H3;3,5-7,9,13,15-16H,2H2,1H3/t19?,20-,21?,22+,24-;5-,6?,7+,9-/m11/s1. The zero-order valence-corrected chi connectivity index (χ0v) is 39.2. The SMILES string of the molecule is CC(=O)c1ncn([C@@H]2O[C@H](CO)C(O)[C@@H]2O)n1.CC(O)c1ncn([C@@H]2O[C@H](CO[Si](C)(C)C(C)(C)C)C(O[Si](C)(C)C(C)(C)C)[C@@H]2O[Si](C)(C)C(C)(C)C)n1. The molecule has 0 saturated carbocycles. The van der Waals surface area contributed by atoms with E-state index in [1.165, 1.54) is 13.3 Å². The lowest BCUT2D eigenvalue weighted by molar-refractivity contribution is -0.0588. The third kappa shape index (κ3) is 11.0. The summed E-state index contributed by atoms with van der Waals surface area (Å²) in [6.07, 6.45) is -3.72. The van der Waals surface area contributed by atoms with Crippen molar-refractivity contribution in [1.82, 2.24) is 29.5 Å². The van der Waals surface area contributed by atoms with Crippen LogP contribution in [0, 0.1) is 0 Å². The van der Waals surface area contributed by atoms with Crippen LogP contribution in [-0.4, -0.2) is 131 Å². The highest BCUT2D eigenvalue weighted by atomic mass is 28.4. The van der Waals surface area contributed by atoms with Crippen LogP contribution in [0.4, 0.5) is 0 Å². The van der Waals surface area contributed by atoms with Crippen molar-refractivity contribution in [2.24, 2.45) is 0 Å². The summed E-state index contributed by atoms with van der Waals surface area (Å²) in [7, 11) is -6.47. The summed E-state index contributed by atoms with van der Waals surface area (Å²) in [6, 6.07) is 0. The number of carbonyl (C=O) groups excluding carboxylic acids is 1. The summed E-state index contributed by atoms with van der Waals surface area (Å²) >= 11 is 0. The molecule has 3 unspecified atom stereocenters. The van der Waals surface area contributed by atoms with Gasteiger partial charge >= 0.3 is 0 Å². The second kappa shape index (κ2) is 17.2. The molecule has 0 aromatic carbocycles. The van der Waals surface area contributed by atoms with Crippen LogP contribution in [0.25, 0.3) is 0 Å². The first-order valence-electron chi connectivity index (χ1n) is 19.1. The van der Waals surface area contributed by atoms with Gasteiger partial charge in [0, 0.05) is 6.92 Å². The van der Waals surface area contributed by atoms with Crippen LogP contribution in [0.2, 0.25) is 54.4 Å². The van der Waals surface area contributed by atoms with E-state index < -0.39 is 68.4 Å². The molecule has 316 valence electrons. The molecule has 2 aromatic heterocycles. The molecule has 0 spiro atoms. The highest BCUT2D eigenvalue weighted by Crippen LogP contribution is 2.46. The van der Waals surface area contributed by atoms with Gasteiger partial charge in [0.25, 0.3) is 0 Å². The third-order valence-corrected chi connectivity index (χ3v) is 25.4. The highest BCUT2D eigenvalue weighted by molar-refractivity contribution is 6.75. The average Bonchev–Trinajstić information content (AvgIpc) is 3.82. The van der Waals surface area contributed by atoms with Crippen molar-refractivity contribution in [3.05, 3.63) is 24.3 Å². The van der Waals surface area contributed by atoms with Crippen molar-refractivity contribution >= 4 is 30.7 Å². The van der Waals surface area contributed by atoms with Gasteiger partial charge in [0.1, 0.15) is 55.4 Å². The van der Waals surface area contributed by atoms with Gasteiger partial charge in [0.05, 0.1) is 13.2 Å². The molecule has 2 fully saturated rings. The lowest BCUT2D eigenvalue weighted by Gasteiger charge is -2.44. The van der Waals surface area contributed by atoms with Crippen LogP contribution in [0.1, 0.15) is 111 Å². The number of ketones is 1.